The molecular formula is C16H18N2O2. The van der Waals surface area contributed by atoms with E-state index in [4.69, 9.17) is 10.5 Å². The van der Waals surface area contributed by atoms with Crippen molar-refractivity contribution in [3.05, 3.63) is 59.7 Å². The summed E-state index contributed by atoms with van der Waals surface area (Å²) in [5.74, 6) is 0.358. The molecular weight excluding hydrogens is 252 g/mol. The second-order valence-electron chi connectivity index (χ2n) is 4.58. The number of carbonyl (C=O) groups is 1. The van der Waals surface area contributed by atoms with Gasteiger partial charge in [-0.2, -0.15) is 0 Å². The molecule has 4 heteroatoms. The highest BCUT2D eigenvalue weighted by molar-refractivity contribution is 5.96. The van der Waals surface area contributed by atoms with E-state index in [1.165, 1.54) is 0 Å². The van der Waals surface area contributed by atoms with E-state index >= 15 is 0 Å². The molecule has 0 aliphatic rings. The average Bonchev–Trinajstić information content (AvgIpc) is 2.49. The summed E-state index contributed by atoms with van der Waals surface area (Å²) in [7, 11) is 1.57. The van der Waals surface area contributed by atoms with Gasteiger partial charge in [0.25, 0.3) is 0 Å². The molecule has 2 rings (SSSR count). The molecule has 1 atom stereocenters. The average molecular weight is 270 g/mol. The van der Waals surface area contributed by atoms with Crippen LogP contribution in [0.1, 0.15) is 17.2 Å². The van der Waals surface area contributed by atoms with E-state index in [9.17, 15) is 4.79 Å². The predicted octanol–water partition coefficient (Wildman–Crippen LogP) is 2.64. The highest BCUT2D eigenvalue weighted by Gasteiger charge is 2.17. The SMILES string of the molecule is COc1cc(C)ccc1NC(=O)[C@H](N)c1ccccc1. The largest absolute Gasteiger partial charge is 0.495 e. The Hall–Kier alpha value is -2.33. The smallest absolute Gasteiger partial charge is 0.245 e. The maximum Gasteiger partial charge on any atom is 0.245 e. The number of nitrogens with one attached hydrogen (secondary N) is 1. The molecule has 0 aromatic heterocycles. The number of amides is 1. The van der Waals surface area contributed by atoms with Gasteiger partial charge in [0.1, 0.15) is 11.8 Å². The van der Waals surface area contributed by atoms with Gasteiger partial charge in [-0.05, 0) is 30.2 Å². The second-order valence-corrected chi connectivity index (χ2v) is 4.58. The fraction of sp³-hybridized carbons (Fsp3) is 0.188. The molecule has 2 aromatic rings. The molecule has 0 saturated heterocycles. The Labute approximate surface area is 118 Å². The summed E-state index contributed by atoms with van der Waals surface area (Å²) >= 11 is 0. The molecule has 0 unspecified atom stereocenters. The van der Waals surface area contributed by atoms with E-state index < -0.39 is 6.04 Å². The first-order chi connectivity index (χ1) is 9.61. The summed E-state index contributed by atoms with van der Waals surface area (Å²) in [5, 5.41) is 2.80. The van der Waals surface area contributed by atoms with Gasteiger partial charge in [0, 0.05) is 0 Å². The molecule has 20 heavy (non-hydrogen) atoms. The van der Waals surface area contributed by atoms with E-state index in [0.29, 0.717) is 11.4 Å². The van der Waals surface area contributed by atoms with Crippen molar-refractivity contribution in [2.24, 2.45) is 5.73 Å². The lowest BCUT2D eigenvalue weighted by molar-refractivity contribution is -0.117. The topological polar surface area (TPSA) is 64.3 Å². The highest BCUT2D eigenvalue weighted by atomic mass is 16.5. The van der Waals surface area contributed by atoms with E-state index in [-0.39, 0.29) is 5.91 Å². The molecule has 2 aromatic carbocycles. The number of hydrogen-bond acceptors (Lipinski definition) is 3. The van der Waals surface area contributed by atoms with Crippen LogP contribution in [0.3, 0.4) is 0 Å². The van der Waals surface area contributed by atoms with Gasteiger partial charge in [-0.15, -0.1) is 0 Å². The summed E-state index contributed by atoms with van der Waals surface area (Å²) in [4.78, 5) is 12.2. The fourth-order valence-corrected chi connectivity index (χ4v) is 1.92. The van der Waals surface area contributed by atoms with Crippen LogP contribution in [-0.4, -0.2) is 13.0 Å². The lowest BCUT2D eigenvalue weighted by Crippen LogP contribution is -2.27. The van der Waals surface area contributed by atoms with Crippen LogP contribution in [0.15, 0.2) is 48.5 Å². The third-order valence-electron chi connectivity index (χ3n) is 3.06. The Balaban J connectivity index is 2.16. The van der Waals surface area contributed by atoms with Crippen LogP contribution >= 0.6 is 0 Å². The van der Waals surface area contributed by atoms with E-state index in [2.05, 4.69) is 5.32 Å². The molecule has 0 fully saturated rings. The Morgan fingerprint density at radius 2 is 1.90 bits per heavy atom. The summed E-state index contributed by atoms with van der Waals surface area (Å²) in [6.45, 7) is 1.96. The van der Waals surface area contributed by atoms with Gasteiger partial charge < -0.3 is 15.8 Å². The lowest BCUT2D eigenvalue weighted by Gasteiger charge is -2.15. The summed E-state index contributed by atoms with van der Waals surface area (Å²) in [5.41, 5.74) is 8.41. The van der Waals surface area contributed by atoms with E-state index in [1.807, 2.05) is 55.5 Å². The highest BCUT2D eigenvalue weighted by Crippen LogP contribution is 2.26. The van der Waals surface area contributed by atoms with Crippen LogP contribution in [0.2, 0.25) is 0 Å². The zero-order chi connectivity index (χ0) is 14.5. The summed E-state index contributed by atoms with van der Waals surface area (Å²) in [6.07, 6.45) is 0. The first-order valence-corrected chi connectivity index (χ1v) is 6.38. The Morgan fingerprint density at radius 3 is 2.55 bits per heavy atom. The third-order valence-corrected chi connectivity index (χ3v) is 3.06. The molecule has 0 bridgehead atoms. The molecule has 0 aliphatic heterocycles. The second kappa shape index (κ2) is 6.21. The van der Waals surface area contributed by atoms with E-state index in [0.717, 1.165) is 11.1 Å². The molecule has 1 amide bonds. The minimum Gasteiger partial charge on any atom is -0.495 e. The Kier molecular flexibility index (Phi) is 4.38. The van der Waals surface area contributed by atoms with E-state index in [1.54, 1.807) is 7.11 Å². The minimum atomic E-state index is -0.706. The number of benzene rings is 2. The zero-order valence-corrected chi connectivity index (χ0v) is 11.6. The maximum absolute atomic E-state index is 12.2. The number of hydrogen-bond donors (Lipinski definition) is 2. The van der Waals surface area contributed by atoms with Crippen LogP contribution < -0.4 is 15.8 Å². The van der Waals surface area contributed by atoms with Gasteiger partial charge >= 0.3 is 0 Å². The number of ether oxygens (including phenoxy) is 1. The van der Waals surface area contributed by atoms with Crippen molar-refractivity contribution >= 4 is 11.6 Å². The van der Waals surface area contributed by atoms with Crippen LogP contribution in [0, 0.1) is 6.92 Å². The minimum absolute atomic E-state index is 0.265. The number of aryl methyl sites for hydroxylation is 1. The van der Waals surface area contributed by atoms with Gasteiger partial charge in [0.05, 0.1) is 12.8 Å². The van der Waals surface area contributed by atoms with Crippen molar-refractivity contribution in [3.63, 3.8) is 0 Å². The van der Waals surface area contributed by atoms with Crippen LogP contribution in [-0.2, 0) is 4.79 Å². The third kappa shape index (κ3) is 3.16. The number of methoxy groups -OCH3 is 1. The summed E-state index contributed by atoms with van der Waals surface area (Å²) < 4.78 is 5.26. The van der Waals surface area contributed by atoms with Crippen molar-refractivity contribution in [1.29, 1.82) is 0 Å². The van der Waals surface area contributed by atoms with Gasteiger partial charge in [-0.3, -0.25) is 4.79 Å². The van der Waals surface area contributed by atoms with Crippen molar-refractivity contribution in [1.82, 2.24) is 0 Å². The number of nitrogens with two attached hydrogens (primary N) is 1. The van der Waals surface area contributed by atoms with Gasteiger partial charge in [-0.1, -0.05) is 36.4 Å². The van der Waals surface area contributed by atoms with Gasteiger partial charge in [0.15, 0.2) is 0 Å². The molecule has 3 N–H and O–H groups in total. The van der Waals surface area contributed by atoms with Gasteiger partial charge in [-0.25, -0.2) is 0 Å². The quantitative estimate of drug-likeness (QED) is 0.897. The normalized spacial score (nSPS) is 11.8. The first-order valence-electron chi connectivity index (χ1n) is 6.38. The van der Waals surface area contributed by atoms with Crippen LogP contribution in [0.25, 0.3) is 0 Å². The van der Waals surface area contributed by atoms with Crippen LogP contribution in [0.4, 0.5) is 5.69 Å². The van der Waals surface area contributed by atoms with Crippen molar-refractivity contribution in [2.75, 3.05) is 12.4 Å². The molecule has 104 valence electrons. The summed E-state index contributed by atoms with van der Waals surface area (Å²) in [6, 6.07) is 14.1. The number of carbonyl (C=O) groups excluding carboxylic acids is 1. The van der Waals surface area contributed by atoms with Gasteiger partial charge in [0.2, 0.25) is 5.91 Å². The Morgan fingerprint density at radius 1 is 1.20 bits per heavy atom. The van der Waals surface area contributed by atoms with Crippen molar-refractivity contribution < 1.29 is 9.53 Å². The molecule has 0 saturated carbocycles. The number of rotatable bonds is 4. The van der Waals surface area contributed by atoms with Crippen molar-refractivity contribution in [2.45, 2.75) is 13.0 Å². The zero-order valence-electron chi connectivity index (χ0n) is 11.6. The number of anilines is 1. The Bertz CT molecular complexity index is 597. The molecule has 0 heterocycles. The monoisotopic (exact) mass is 270 g/mol. The van der Waals surface area contributed by atoms with Crippen molar-refractivity contribution in [3.8, 4) is 5.75 Å². The lowest BCUT2D eigenvalue weighted by atomic mass is 10.1. The standard InChI is InChI=1S/C16H18N2O2/c1-11-8-9-13(14(10-11)20-2)18-16(19)15(17)12-6-4-3-5-7-12/h3-10,15H,17H2,1-2H3,(H,18,19)/t15-/m1/s1. The first kappa shape index (κ1) is 14.1. The van der Waals surface area contributed by atoms with Crippen LogP contribution in [0.5, 0.6) is 5.75 Å². The predicted molar refractivity (Wildman–Crippen MR) is 79.7 cm³/mol. The maximum atomic E-state index is 12.2. The molecule has 0 spiro atoms. The molecule has 4 nitrogen and oxygen atoms in total. The fourth-order valence-electron chi connectivity index (χ4n) is 1.92. The molecule has 0 aliphatic carbocycles. The molecule has 0 radical (unpaired) electrons.